The fraction of sp³-hybridized carbons (Fsp3) is 0.429. The van der Waals surface area contributed by atoms with E-state index >= 15 is 0 Å². The first kappa shape index (κ1) is 9.96. The number of rotatable bonds is 1. The third-order valence-electron chi connectivity index (χ3n) is 1.34. The Morgan fingerprint density at radius 3 is 2.00 bits per heavy atom. The van der Waals surface area contributed by atoms with Crippen molar-refractivity contribution in [1.29, 1.82) is 0 Å². The molecule has 0 spiro atoms. The lowest BCUT2D eigenvalue weighted by molar-refractivity contribution is 1.76. The lowest BCUT2D eigenvalue weighted by Crippen LogP contribution is -2.35. The third kappa shape index (κ3) is 2.41. The summed E-state index contributed by atoms with van der Waals surface area (Å²) < 4.78 is 4.03. The van der Waals surface area contributed by atoms with Crippen LogP contribution in [0, 0.1) is 0 Å². The summed E-state index contributed by atoms with van der Waals surface area (Å²) in [5.74, 6) is 0. The highest BCUT2D eigenvalue weighted by atomic mass is 79.9. The van der Waals surface area contributed by atoms with E-state index in [0.717, 1.165) is 0 Å². The Morgan fingerprint density at radius 2 is 1.82 bits per heavy atom. The molecule has 0 nitrogen and oxygen atoms in total. The van der Waals surface area contributed by atoms with Crippen molar-refractivity contribution in [2.45, 2.75) is 19.6 Å². The van der Waals surface area contributed by atoms with Crippen LogP contribution >= 0.6 is 43.2 Å². The van der Waals surface area contributed by atoms with E-state index in [4.69, 9.17) is 0 Å². The molecule has 0 bridgehead atoms. The van der Waals surface area contributed by atoms with Gasteiger partial charge in [0.05, 0.1) is 11.9 Å². The molecule has 0 aromatic carbocycles. The molecule has 0 amide bonds. The van der Waals surface area contributed by atoms with E-state index in [2.05, 4.69) is 57.6 Å². The van der Waals surface area contributed by atoms with Gasteiger partial charge in [0.25, 0.3) is 0 Å². The lowest BCUT2D eigenvalue weighted by Gasteiger charge is -2.13. The maximum Gasteiger partial charge on any atom is 0.0919 e. The topological polar surface area (TPSA) is 0 Å². The quantitative estimate of drug-likeness (QED) is 0.691. The van der Waals surface area contributed by atoms with E-state index < -0.39 is 8.07 Å². The first-order valence-electron chi connectivity index (χ1n) is 3.36. The molecule has 0 aliphatic rings. The zero-order valence-electron chi connectivity index (χ0n) is 6.74. The average molecular weight is 314 g/mol. The van der Waals surface area contributed by atoms with Gasteiger partial charge in [-0.2, -0.15) is 0 Å². The van der Waals surface area contributed by atoms with E-state index in [1.165, 1.54) is 12.8 Å². The number of hydrogen-bond donors (Lipinski definition) is 0. The Labute approximate surface area is 89.3 Å². The molecule has 1 rings (SSSR count). The van der Waals surface area contributed by atoms with E-state index in [0.29, 0.717) is 0 Å². The van der Waals surface area contributed by atoms with Crippen LogP contribution in [0.2, 0.25) is 19.6 Å². The van der Waals surface area contributed by atoms with Crippen LogP contribution in [-0.4, -0.2) is 8.07 Å². The molecule has 62 valence electrons. The number of halogens is 2. The number of thiophene rings is 1. The molecule has 0 unspecified atom stereocenters. The molecule has 0 aliphatic heterocycles. The second kappa shape index (κ2) is 3.32. The predicted molar refractivity (Wildman–Crippen MR) is 62.7 cm³/mol. The van der Waals surface area contributed by atoms with Crippen molar-refractivity contribution in [2.24, 2.45) is 0 Å². The van der Waals surface area contributed by atoms with Crippen LogP contribution < -0.4 is 4.50 Å². The van der Waals surface area contributed by atoms with Crippen molar-refractivity contribution >= 4 is 55.8 Å². The Morgan fingerprint density at radius 1 is 1.27 bits per heavy atom. The van der Waals surface area contributed by atoms with Gasteiger partial charge in [0.2, 0.25) is 0 Å². The van der Waals surface area contributed by atoms with Crippen LogP contribution in [0.1, 0.15) is 0 Å². The normalized spacial score (nSPS) is 12.1. The molecule has 0 N–H and O–H groups in total. The summed E-state index contributed by atoms with van der Waals surface area (Å²) in [5.41, 5.74) is 0. The maximum absolute atomic E-state index is 3.57. The summed E-state index contributed by atoms with van der Waals surface area (Å²) in [7, 11) is -1.12. The fourth-order valence-corrected chi connectivity index (χ4v) is 7.60. The summed E-state index contributed by atoms with van der Waals surface area (Å²) >= 11 is 8.91. The second-order valence-electron chi connectivity index (χ2n) is 3.48. The van der Waals surface area contributed by atoms with Gasteiger partial charge in [0.1, 0.15) is 0 Å². The van der Waals surface area contributed by atoms with Gasteiger partial charge in [0.15, 0.2) is 0 Å². The summed E-state index contributed by atoms with van der Waals surface area (Å²) in [4.78, 5) is 0. The van der Waals surface area contributed by atoms with Crippen LogP contribution in [0.15, 0.2) is 14.3 Å². The first-order valence-corrected chi connectivity index (χ1v) is 9.27. The van der Waals surface area contributed by atoms with Crippen molar-refractivity contribution in [1.82, 2.24) is 0 Å². The largest absolute Gasteiger partial charge is 0.137 e. The van der Waals surface area contributed by atoms with Gasteiger partial charge in [-0.3, -0.25) is 0 Å². The molecule has 4 heteroatoms. The summed E-state index contributed by atoms with van der Waals surface area (Å²) in [6.07, 6.45) is 0. The number of hydrogen-bond acceptors (Lipinski definition) is 1. The molecule has 0 aliphatic carbocycles. The van der Waals surface area contributed by atoms with Gasteiger partial charge in [-0.05, 0) is 22.0 Å². The zero-order valence-corrected chi connectivity index (χ0v) is 11.7. The maximum atomic E-state index is 3.57. The minimum atomic E-state index is -1.12. The minimum Gasteiger partial charge on any atom is -0.137 e. The van der Waals surface area contributed by atoms with Crippen LogP contribution in [0.3, 0.4) is 0 Å². The van der Waals surface area contributed by atoms with Crippen LogP contribution in [0.5, 0.6) is 0 Å². The standard InChI is InChI=1S/C7H10Br2SSi/c1-11(2,3)7-5(8)4-6(9)10-7/h4H,1-3H3. The van der Waals surface area contributed by atoms with Crippen molar-refractivity contribution in [3.05, 3.63) is 14.3 Å². The average Bonchev–Trinajstić information content (AvgIpc) is 2.08. The highest BCUT2D eigenvalue weighted by Crippen LogP contribution is 2.26. The smallest absolute Gasteiger partial charge is 0.0919 e. The Hall–Kier alpha value is 0.877. The summed E-state index contributed by atoms with van der Waals surface area (Å²) in [6, 6.07) is 2.14. The van der Waals surface area contributed by atoms with Gasteiger partial charge in [-0.25, -0.2) is 0 Å². The van der Waals surface area contributed by atoms with E-state index in [1.807, 2.05) is 11.3 Å². The van der Waals surface area contributed by atoms with Crippen molar-refractivity contribution in [2.75, 3.05) is 0 Å². The summed E-state index contributed by atoms with van der Waals surface area (Å²) in [5, 5.41) is 0. The Kier molecular flexibility index (Phi) is 3.01. The Bertz CT molecular complexity index is 262. The SMILES string of the molecule is C[Si](C)(C)c1sc(Br)cc1Br. The highest BCUT2D eigenvalue weighted by molar-refractivity contribution is 9.11. The third-order valence-corrected chi connectivity index (χ3v) is 7.82. The van der Waals surface area contributed by atoms with Crippen molar-refractivity contribution in [3.8, 4) is 0 Å². The fourth-order valence-electron chi connectivity index (χ4n) is 0.852. The highest BCUT2D eigenvalue weighted by Gasteiger charge is 2.21. The van der Waals surface area contributed by atoms with Gasteiger partial charge >= 0.3 is 0 Å². The van der Waals surface area contributed by atoms with Crippen LogP contribution in [0.25, 0.3) is 0 Å². The molecule has 0 radical (unpaired) electrons. The van der Waals surface area contributed by atoms with Crippen LogP contribution in [0.4, 0.5) is 0 Å². The van der Waals surface area contributed by atoms with Gasteiger partial charge in [0, 0.05) is 8.97 Å². The van der Waals surface area contributed by atoms with E-state index in [1.54, 1.807) is 0 Å². The molecule has 1 aromatic heterocycles. The second-order valence-corrected chi connectivity index (χ2v) is 12.1. The molecular weight excluding hydrogens is 304 g/mol. The molecule has 0 atom stereocenters. The predicted octanol–water partition coefficient (Wildman–Crippen LogP) is 3.82. The monoisotopic (exact) mass is 312 g/mol. The van der Waals surface area contributed by atoms with Crippen molar-refractivity contribution in [3.63, 3.8) is 0 Å². The van der Waals surface area contributed by atoms with E-state index in [-0.39, 0.29) is 0 Å². The molecular formula is C7H10Br2SSi. The molecule has 0 fully saturated rings. The summed E-state index contributed by atoms with van der Waals surface area (Å²) in [6.45, 7) is 7.07. The molecule has 1 heterocycles. The van der Waals surface area contributed by atoms with Gasteiger partial charge in [-0.1, -0.05) is 35.6 Å². The molecule has 0 saturated heterocycles. The van der Waals surface area contributed by atoms with E-state index in [9.17, 15) is 0 Å². The van der Waals surface area contributed by atoms with Crippen LogP contribution in [-0.2, 0) is 0 Å². The molecule has 1 aromatic rings. The van der Waals surface area contributed by atoms with Gasteiger partial charge < -0.3 is 0 Å². The minimum absolute atomic E-state index is 1.12. The molecule has 0 saturated carbocycles. The molecule has 11 heavy (non-hydrogen) atoms. The lowest BCUT2D eigenvalue weighted by atomic mass is 10.7. The Balaban J connectivity index is 3.13. The zero-order chi connectivity index (χ0) is 8.65. The first-order chi connectivity index (χ1) is 4.91. The van der Waals surface area contributed by atoms with Crippen molar-refractivity contribution < 1.29 is 0 Å². The van der Waals surface area contributed by atoms with Gasteiger partial charge in [-0.15, -0.1) is 11.3 Å².